The van der Waals surface area contributed by atoms with Gasteiger partial charge in [-0.25, -0.2) is 14.4 Å². The normalized spacial score (nSPS) is 18.1. The molecule has 1 aliphatic rings. The van der Waals surface area contributed by atoms with Crippen LogP contribution >= 0.6 is 0 Å². The topological polar surface area (TPSA) is 56.1 Å². The number of nitriles is 1. The van der Waals surface area contributed by atoms with Crippen molar-refractivity contribution in [3.05, 3.63) is 48.0 Å². The molecular weight excluding hydrogens is 281 g/mol. The molecule has 1 fully saturated rings. The number of rotatable bonds is 2. The summed E-state index contributed by atoms with van der Waals surface area (Å²) in [6, 6.07) is 9.11. The fourth-order valence-corrected chi connectivity index (χ4v) is 2.68. The number of pyridine rings is 2. The van der Waals surface area contributed by atoms with E-state index in [4.69, 9.17) is 5.26 Å². The van der Waals surface area contributed by atoms with Crippen LogP contribution < -0.4 is 9.80 Å². The van der Waals surface area contributed by atoms with Gasteiger partial charge < -0.3 is 9.80 Å². The van der Waals surface area contributed by atoms with Crippen LogP contribution in [0.25, 0.3) is 0 Å². The summed E-state index contributed by atoms with van der Waals surface area (Å²) >= 11 is 0. The van der Waals surface area contributed by atoms with Crippen molar-refractivity contribution < 1.29 is 4.39 Å². The molecule has 2 aromatic rings. The summed E-state index contributed by atoms with van der Waals surface area (Å²) < 4.78 is 13.0. The van der Waals surface area contributed by atoms with E-state index in [1.165, 1.54) is 12.3 Å². The number of piperazine rings is 1. The van der Waals surface area contributed by atoms with Gasteiger partial charge in [-0.3, -0.25) is 0 Å². The van der Waals surface area contributed by atoms with Gasteiger partial charge in [0.2, 0.25) is 0 Å². The lowest BCUT2D eigenvalue weighted by Crippen LogP contribution is -2.52. The van der Waals surface area contributed by atoms with Gasteiger partial charge in [0.05, 0.1) is 11.8 Å². The third-order valence-corrected chi connectivity index (χ3v) is 3.83. The highest BCUT2D eigenvalue weighted by Gasteiger charge is 2.25. The van der Waals surface area contributed by atoms with E-state index in [0.29, 0.717) is 5.56 Å². The molecule has 0 N–H and O–H groups in total. The van der Waals surface area contributed by atoms with Crippen molar-refractivity contribution in [3.8, 4) is 6.07 Å². The van der Waals surface area contributed by atoms with Crippen LogP contribution in [0.2, 0.25) is 0 Å². The molecule has 112 valence electrons. The maximum atomic E-state index is 13.0. The van der Waals surface area contributed by atoms with E-state index in [1.54, 1.807) is 18.3 Å². The van der Waals surface area contributed by atoms with Gasteiger partial charge in [-0.1, -0.05) is 0 Å². The van der Waals surface area contributed by atoms with Crippen molar-refractivity contribution in [2.75, 3.05) is 29.4 Å². The summed E-state index contributed by atoms with van der Waals surface area (Å²) in [5.74, 6) is 1.34. The summed E-state index contributed by atoms with van der Waals surface area (Å²) in [4.78, 5) is 12.8. The zero-order valence-electron chi connectivity index (χ0n) is 12.3. The second kappa shape index (κ2) is 5.98. The van der Waals surface area contributed by atoms with E-state index in [-0.39, 0.29) is 11.9 Å². The maximum Gasteiger partial charge on any atom is 0.141 e. The van der Waals surface area contributed by atoms with Gasteiger partial charge in [0.25, 0.3) is 0 Å². The number of aromatic nitrogens is 2. The van der Waals surface area contributed by atoms with Crippen molar-refractivity contribution in [1.29, 1.82) is 5.26 Å². The zero-order valence-corrected chi connectivity index (χ0v) is 12.3. The van der Waals surface area contributed by atoms with Crippen molar-refractivity contribution in [3.63, 3.8) is 0 Å². The van der Waals surface area contributed by atoms with Gasteiger partial charge in [-0.2, -0.15) is 5.26 Å². The van der Waals surface area contributed by atoms with Gasteiger partial charge in [-0.15, -0.1) is 0 Å². The molecule has 1 saturated heterocycles. The van der Waals surface area contributed by atoms with Crippen LogP contribution in [0.5, 0.6) is 0 Å². The van der Waals surface area contributed by atoms with E-state index in [0.717, 1.165) is 31.3 Å². The number of hydrogen-bond acceptors (Lipinski definition) is 5. The average Bonchev–Trinajstić information content (AvgIpc) is 2.56. The van der Waals surface area contributed by atoms with Crippen LogP contribution in [0, 0.1) is 17.1 Å². The lowest BCUT2D eigenvalue weighted by Gasteiger charge is -2.41. The number of hydrogen-bond donors (Lipinski definition) is 0. The Morgan fingerprint density at radius 1 is 1.14 bits per heavy atom. The van der Waals surface area contributed by atoms with Crippen molar-refractivity contribution in [2.24, 2.45) is 0 Å². The van der Waals surface area contributed by atoms with E-state index < -0.39 is 0 Å². The molecule has 3 heterocycles. The van der Waals surface area contributed by atoms with Crippen molar-refractivity contribution in [2.45, 2.75) is 13.0 Å². The van der Waals surface area contributed by atoms with Crippen LogP contribution in [-0.2, 0) is 0 Å². The molecule has 0 amide bonds. The molecule has 22 heavy (non-hydrogen) atoms. The fraction of sp³-hybridized carbons (Fsp3) is 0.312. The quantitative estimate of drug-likeness (QED) is 0.850. The molecule has 1 unspecified atom stereocenters. The molecule has 6 heteroatoms. The lowest BCUT2D eigenvalue weighted by molar-refractivity contribution is 0.541. The fourth-order valence-electron chi connectivity index (χ4n) is 2.68. The third kappa shape index (κ3) is 2.84. The maximum absolute atomic E-state index is 13.0. The Kier molecular flexibility index (Phi) is 3.88. The standard InChI is InChI=1S/C16H16FN5/c1-12-11-21(15-4-2-13(8-18)9-19-15)6-7-22(12)16-5-3-14(17)10-20-16/h2-5,9-10,12H,6-7,11H2,1H3. The Balaban J connectivity index is 1.71. The molecule has 0 bridgehead atoms. The van der Waals surface area contributed by atoms with Gasteiger partial charge >= 0.3 is 0 Å². The number of anilines is 2. The average molecular weight is 297 g/mol. The molecule has 5 nitrogen and oxygen atoms in total. The van der Waals surface area contributed by atoms with E-state index in [9.17, 15) is 4.39 Å². The first kappa shape index (κ1) is 14.3. The van der Waals surface area contributed by atoms with Crippen LogP contribution in [0.3, 0.4) is 0 Å². The minimum atomic E-state index is -0.322. The van der Waals surface area contributed by atoms with E-state index >= 15 is 0 Å². The molecule has 0 spiro atoms. The first-order valence-corrected chi connectivity index (χ1v) is 7.16. The molecular formula is C16H16FN5. The summed E-state index contributed by atoms with van der Waals surface area (Å²) in [6.45, 7) is 4.52. The molecule has 1 atom stereocenters. The Bertz CT molecular complexity index is 677. The first-order valence-electron chi connectivity index (χ1n) is 7.16. The Morgan fingerprint density at radius 2 is 1.91 bits per heavy atom. The van der Waals surface area contributed by atoms with E-state index in [2.05, 4.69) is 32.8 Å². The molecule has 1 aliphatic heterocycles. The largest absolute Gasteiger partial charge is 0.353 e. The smallest absolute Gasteiger partial charge is 0.141 e. The molecule has 2 aromatic heterocycles. The predicted octanol–water partition coefficient (Wildman–Crippen LogP) is 2.20. The van der Waals surface area contributed by atoms with E-state index in [1.807, 2.05) is 6.07 Å². The van der Waals surface area contributed by atoms with Crippen molar-refractivity contribution >= 4 is 11.6 Å². The molecule has 0 aliphatic carbocycles. The van der Waals surface area contributed by atoms with Gasteiger partial charge in [0, 0.05) is 31.9 Å². The van der Waals surface area contributed by atoms with Crippen LogP contribution in [-0.4, -0.2) is 35.6 Å². The first-order chi connectivity index (χ1) is 10.7. The minimum Gasteiger partial charge on any atom is -0.353 e. The van der Waals surface area contributed by atoms with Gasteiger partial charge in [-0.05, 0) is 31.2 Å². The van der Waals surface area contributed by atoms with Gasteiger partial charge in [0.1, 0.15) is 23.5 Å². The SMILES string of the molecule is CC1CN(c2ccc(C#N)cn2)CCN1c1ccc(F)cn1. The number of halogens is 1. The summed E-state index contributed by atoms with van der Waals surface area (Å²) in [5, 5.41) is 8.82. The predicted molar refractivity (Wildman–Crippen MR) is 82.2 cm³/mol. The molecule has 0 aromatic carbocycles. The second-order valence-corrected chi connectivity index (χ2v) is 5.34. The second-order valence-electron chi connectivity index (χ2n) is 5.34. The van der Waals surface area contributed by atoms with Crippen LogP contribution in [0.15, 0.2) is 36.7 Å². The molecule has 0 saturated carbocycles. The van der Waals surface area contributed by atoms with Crippen molar-refractivity contribution in [1.82, 2.24) is 9.97 Å². The Morgan fingerprint density at radius 3 is 2.50 bits per heavy atom. The zero-order chi connectivity index (χ0) is 15.5. The summed E-state index contributed by atoms with van der Waals surface area (Å²) in [7, 11) is 0. The monoisotopic (exact) mass is 297 g/mol. The minimum absolute atomic E-state index is 0.240. The Hall–Kier alpha value is -2.68. The molecule has 0 radical (unpaired) electrons. The van der Waals surface area contributed by atoms with Crippen LogP contribution in [0.4, 0.5) is 16.0 Å². The summed E-state index contributed by atoms with van der Waals surface area (Å²) in [5.41, 5.74) is 0.561. The summed E-state index contributed by atoms with van der Waals surface area (Å²) in [6.07, 6.45) is 2.84. The van der Waals surface area contributed by atoms with Gasteiger partial charge in [0.15, 0.2) is 0 Å². The van der Waals surface area contributed by atoms with Crippen LogP contribution in [0.1, 0.15) is 12.5 Å². The third-order valence-electron chi connectivity index (χ3n) is 3.83. The Labute approximate surface area is 128 Å². The highest BCUT2D eigenvalue weighted by atomic mass is 19.1. The molecule has 3 rings (SSSR count). The number of nitrogens with zero attached hydrogens (tertiary/aromatic N) is 5. The lowest BCUT2D eigenvalue weighted by atomic mass is 10.2. The highest BCUT2D eigenvalue weighted by molar-refractivity contribution is 5.47. The highest BCUT2D eigenvalue weighted by Crippen LogP contribution is 2.21.